The lowest BCUT2D eigenvalue weighted by Gasteiger charge is -2.28. The summed E-state index contributed by atoms with van der Waals surface area (Å²) in [5.41, 5.74) is 2.35. The minimum absolute atomic E-state index is 0.0544. The molecule has 3 rings (SSSR count). The standard InChI is InChI=1S/C23H29FN2O7S/c1-23(34(3,29)30,22(28)25-33-21-6-4-5-13-32-21)10-12-26-11-9-16(14-20(26)27)18-8-7-17(31-2)15-19(18)24/h7-9,11,14-15,21H,4-6,10,12-13H2,1-3H3,(H,25,28)/t21?,23-/m1/s1. The molecule has 1 N–H and O–H groups in total. The lowest BCUT2D eigenvalue weighted by atomic mass is 10.1. The highest BCUT2D eigenvalue weighted by atomic mass is 32.2. The maximum atomic E-state index is 14.4. The fraction of sp³-hybridized carbons (Fsp3) is 0.478. The molecule has 9 nitrogen and oxygen atoms in total. The maximum absolute atomic E-state index is 14.4. The summed E-state index contributed by atoms with van der Waals surface area (Å²) in [6.45, 7) is 1.74. The number of aryl methyl sites for hydroxylation is 1. The molecule has 2 heterocycles. The van der Waals surface area contributed by atoms with Gasteiger partial charge in [0.25, 0.3) is 11.5 Å². The number of halogens is 1. The Kier molecular flexibility index (Phi) is 8.11. The van der Waals surface area contributed by atoms with E-state index in [0.29, 0.717) is 24.3 Å². The van der Waals surface area contributed by atoms with Crippen LogP contribution in [-0.2, 0) is 30.8 Å². The van der Waals surface area contributed by atoms with Crippen molar-refractivity contribution in [1.82, 2.24) is 10.0 Å². The molecule has 1 saturated heterocycles. The molecule has 0 radical (unpaired) electrons. The summed E-state index contributed by atoms with van der Waals surface area (Å²) in [4.78, 5) is 30.7. The number of methoxy groups -OCH3 is 1. The van der Waals surface area contributed by atoms with Gasteiger partial charge < -0.3 is 14.0 Å². The predicted molar refractivity (Wildman–Crippen MR) is 123 cm³/mol. The number of aromatic nitrogens is 1. The molecule has 1 aliphatic heterocycles. The van der Waals surface area contributed by atoms with Crippen molar-refractivity contribution < 1.29 is 31.9 Å². The van der Waals surface area contributed by atoms with E-state index in [4.69, 9.17) is 14.3 Å². The zero-order valence-corrected chi connectivity index (χ0v) is 20.2. The lowest BCUT2D eigenvalue weighted by Crippen LogP contribution is -2.51. The van der Waals surface area contributed by atoms with Crippen molar-refractivity contribution in [2.24, 2.45) is 0 Å². The minimum Gasteiger partial charge on any atom is -0.497 e. The number of ether oxygens (including phenoxy) is 2. The van der Waals surface area contributed by atoms with Crippen molar-refractivity contribution >= 4 is 15.7 Å². The van der Waals surface area contributed by atoms with Gasteiger partial charge in [-0.25, -0.2) is 23.1 Å². The molecule has 1 unspecified atom stereocenters. The monoisotopic (exact) mass is 496 g/mol. The van der Waals surface area contributed by atoms with Crippen LogP contribution in [0.4, 0.5) is 4.39 Å². The van der Waals surface area contributed by atoms with Gasteiger partial charge in [-0.05, 0) is 49.9 Å². The van der Waals surface area contributed by atoms with E-state index in [1.807, 2.05) is 0 Å². The molecule has 11 heteroatoms. The average Bonchev–Trinajstić information content (AvgIpc) is 2.81. The van der Waals surface area contributed by atoms with E-state index in [9.17, 15) is 22.4 Å². The molecule has 2 atom stereocenters. The number of carbonyl (C=O) groups excluding carboxylic acids is 1. The highest BCUT2D eigenvalue weighted by molar-refractivity contribution is 7.92. The quantitative estimate of drug-likeness (QED) is 0.531. The first-order chi connectivity index (χ1) is 16.0. The molecule has 1 aromatic carbocycles. The third-order valence-corrected chi connectivity index (χ3v) is 8.06. The summed E-state index contributed by atoms with van der Waals surface area (Å²) in [5.74, 6) is -1.03. The van der Waals surface area contributed by atoms with Gasteiger partial charge in [0.05, 0.1) is 7.11 Å². The molecule has 0 saturated carbocycles. The van der Waals surface area contributed by atoms with Crippen molar-refractivity contribution in [3.05, 3.63) is 52.7 Å². The first kappa shape index (κ1) is 25.9. The molecule has 2 aromatic rings. The Bertz CT molecular complexity index is 1190. The third kappa shape index (κ3) is 5.83. The Balaban J connectivity index is 1.74. The number of carbonyl (C=O) groups is 1. The predicted octanol–water partition coefficient (Wildman–Crippen LogP) is 2.43. The van der Waals surface area contributed by atoms with Gasteiger partial charge in [-0.15, -0.1) is 0 Å². The SMILES string of the molecule is COc1ccc(-c2ccn(CC[C@](C)(C(=O)NOC3CCCCO3)S(C)(=O)=O)c(=O)c2)c(F)c1. The Labute approximate surface area is 197 Å². The molecule has 0 bridgehead atoms. The van der Waals surface area contributed by atoms with Crippen LogP contribution in [0.15, 0.2) is 41.3 Å². The Morgan fingerprint density at radius 3 is 2.65 bits per heavy atom. The van der Waals surface area contributed by atoms with Crippen LogP contribution >= 0.6 is 0 Å². The smallest absolute Gasteiger partial charge is 0.264 e. The van der Waals surface area contributed by atoms with Gasteiger partial charge in [-0.3, -0.25) is 9.59 Å². The molecule has 1 fully saturated rings. The van der Waals surface area contributed by atoms with Gasteiger partial charge in [-0.1, -0.05) is 0 Å². The van der Waals surface area contributed by atoms with Crippen molar-refractivity contribution in [2.45, 2.75) is 50.2 Å². The van der Waals surface area contributed by atoms with Crippen LogP contribution in [0.5, 0.6) is 5.75 Å². The number of nitrogens with one attached hydrogen (secondary N) is 1. The van der Waals surface area contributed by atoms with Gasteiger partial charge in [0.15, 0.2) is 20.9 Å². The molecule has 1 aromatic heterocycles. The van der Waals surface area contributed by atoms with E-state index in [0.717, 1.165) is 19.1 Å². The average molecular weight is 497 g/mol. The van der Waals surface area contributed by atoms with Crippen molar-refractivity contribution in [3.63, 3.8) is 0 Å². The zero-order valence-electron chi connectivity index (χ0n) is 19.4. The van der Waals surface area contributed by atoms with E-state index in [1.54, 1.807) is 12.1 Å². The fourth-order valence-electron chi connectivity index (χ4n) is 3.55. The fourth-order valence-corrected chi connectivity index (χ4v) is 4.39. The second-order valence-electron chi connectivity index (χ2n) is 8.39. The van der Waals surface area contributed by atoms with Gasteiger partial charge in [0.1, 0.15) is 11.6 Å². The number of rotatable bonds is 9. The number of sulfone groups is 1. The molecular weight excluding hydrogens is 467 g/mol. The van der Waals surface area contributed by atoms with E-state index in [-0.39, 0.29) is 18.5 Å². The van der Waals surface area contributed by atoms with Crippen LogP contribution in [0, 0.1) is 5.82 Å². The molecular formula is C23H29FN2O7S. The number of hydrogen-bond donors (Lipinski definition) is 1. The van der Waals surface area contributed by atoms with E-state index < -0.39 is 38.2 Å². The Morgan fingerprint density at radius 2 is 2.06 bits per heavy atom. The summed E-state index contributed by atoms with van der Waals surface area (Å²) < 4.78 is 49.1. The number of pyridine rings is 1. The van der Waals surface area contributed by atoms with Gasteiger partial charge in [0.2, 0.25) is 0 Å². The topological polar surface area (TPSA) is 113 Å². The van der Waals surface area contributed by atoms with Crippen molar-refractivity contribution in [2.75, 3.05) is 20.0 Å². The molecule has 186 valence electrons. The Morgan fingerprint density at radius 1 is 1.29 bits per heavy atom. The summed E-state index contributed by atoms with van der Waals surface area (Å²) in [5, 5.41) is 0. The van der Waals surface area contributed by atoms with Gasteiger partial charge >= 0.3 is 0 Å². The van der Waals surface area contributed by atoms with Crippen molar-refractivity contribution in [1.29, 1.82) is 0 Å². The first-order valence-electron chi connectivity index (χ1n) is 10.9. The number of hydroxylamine groups is 1. The summed E-state index contributed by atoms with van der Waals surface area (Å²) >= 11 is 0. The second-order valence-corrected chi connectivity index (χ2v) is 10.8. The number of nitrogens with zero attached hydrogens (tertiary/aromatic N) is 1. The summed E-state index contributed by atoms with van der Waals surface area (Å²) in [6, 6.07) is 7.12. The molecule has 1 amide bonds. The third-order valence-electron chi connectivity index (χ3n) is 6.03. The number of benzene rings is 1. The van der Waals surface area contributed by atoms with Crippen LogP contribution in [-0.4, -0.2) is 49.9 Å². The maximum Gasteiger partial charge on any atom is 0.264 e. The second kappa shape index (κ2) is 10.7. The highest BCUT2D eigenvalue weighted by Gasteiger charge is 2.44. The minimum atomic E-state index is -3.87. The van der Waals surface area contributed by atoms with Gasteiger partial charge in [-0.2, -0.15) is 0 Å². The molecule has 0 spiro atoms. The van der Waals surface area contributed by atoms with Crippen molar-refractivity contribution in [3.8, 4) is 16.9 Å². The lowest BCUT2D eigenvalue weighted by molar-refractivity contribution is -0.201. The van der Waals surface area contributed by atoms with Crippen LogP contribution in [0.3, 0.4) is 0 Å². The van der Waals surface area contributed by atoms with E-state index >= 15 is 0 Å². The number of hydrogen-bond acceptors (Lipinski definition) is 7. The Hall–Kier alpha value is -2.76. The molecule has 34 heavy (non-hydrogen) atoms. The normalized spacial score (nSPS) is 18.2. The van der Waals surface area contributed by atoms with Crippen LogP contribution in [0.1, 0.15) is 32.6 Å². The largest absolute Gasteiger partial charge is 0.497 e. The first-order valence-corrected chi connectivity index (χ1v) is 12.8. The van der Waals surface area contributed by atoms with E-state index in [1.165, 1.54) is 43.0 Å². The zero-order chi connectivity index (χ0) is 24.9. The van der Waals surface area contributed by atoms with Crippen LogP contribution < -0.4 is 15.8 Å². The number of amides is 1. The molecule has 0 aliphatic carbocycles. The van der Waals surface area contributed by atoms with E-state index in [2.05, 4.69) is 5.48 Å². The molecule has 1 aliphatic rings. The van der Waals surface area contributed by atoms with Crippen LogP contribution in [0.2, 0.25) is 0 Å². The van der Waals surface area contributed by atoms with Crippen LogP contribution in [0.25, 0.3) is 11.1 Å². The van der Waals surface area contributed by atoms with Gasteiger partial charge in [0, 0.05) is 49.7 Å². The highest BCUT2D eigenvalue weighted by Crippen LogP contribution is 2.26. The summed E-state index contributed by atoms with van der Waals surface area (Å²) in [6.07, 6.45) is 3.96. The summed E-state index contributed by atoms with van der Waals surface area (Å²) in [7, 11) is -2.45.